The second-order valence-corrected chi connectivity index (χ2v) is 8.95. The first-order chi connectivity index (χ1) is 14.1. The molecular formula is C22H25N3O3S. The highest BCUT2D eigenvalue weighted by Gasteiger charge is 2.30. The van der Waals surface area contributed by atoms with Crippen molar-refractivity contribution in [1.29, 1.82) is 0 Å². The van der Waals surface area contributed by atoms with Crippen molar-refractivity contribution >= 4 is 20.8 Å². The normalized spacial score (nSPS) is 16.2. The molecule has 0 radical (unpaired) electrons. The zero-order valence-electron chi connectivity index (χ0n) is 16.5. The molecule has 0 aliphatic carbocycles. The molecule has 1 aliphatic rings. The Bertz CT molecular complexity index is 1080. The van der Waals surface area contributed by atoms with Gasteiger partial charge in [0.05, 0.1) is 17.2 Å². The highest BCUT2D eigenvalue weighted by atomic mass is 32.2. The summed E-state index contributed by atoms with van der Waals surface area (Å²) in [6, 6.07) is 16.8. The van der Waals surface area contributed by atoms with Crippen LogP contribution in [0.4, 0.5) is 0 Å². The second kappa shape index (κ2) is 8.49. The molecule has 0 bridgehead atoms. The summed E-state index contributed by atoms with van der Waals surface area (Å²) >= 11 is 0. The lowest BCUT2D eigenvalue weighted by Crippen LogP contribution is -2.48. The molecule has 0 atom stereocenters. The Kier molecular flexibility index (Phi) is 5.80. The van der Waals surface area contributed by atoms with E-state index in [9.17, 15) is 8.42 Å². The Labute approximate surface area is 171 Å². The van der Waals surface area contributed by atoms with Crippen molar-refractivity contribution in [3.05, 3.63) is 66.5 Å². The van der Waals surface area contributed by atoms with E-state index in [1.54, 1.807) is 22.6 Å². The van der Waals surface area contributed by atoms with Crippen molar-refractivity contribution in [2.75, 3.05) is 32.8 Å². The van der Waals surface area contributed by atoms with Crippen LogP contribution in [0.25, 0.3) is 10.8 Å². The minimum absolute atomic E-state index is 0.342. The average Bonchev–Trinajstić information content (AvgIpc) is 2.75. The van der Waals surface area contributed by atoms with E-state index >= 15 is 0 Å². The molecule has 2 heterocycles. The van der Waals surface area contributed by atoms with E-state index in [-0.39, 0.29) is 0 Å². The summed E-state index contributed by atoms with van der Waals surface area (Å²) in [6.45, 7) is 5.50. The number of ether oxygens (including phenoxy) is 1. The van der Waals surface area contributed by atoms with Crippen molar-refractivity contribution in [2.45, 2.75) is 18.4 Å². The molecule has 4 rings (SSSR count). The lowest BCUT2D eigenvalue weighted by Gasteiger charge is -2.34. The maximum absolute atomic E-state index is 13.4. The summed E-state index contributed by atoms with van der Waals surface area (Å²) < 4.78 is 34.0. The number of pyridine rings is 1. The molecule has 0 saturated carbocycles. The van der Waals surface area contributed by atoms with Gasteiger partial charge in [0.15, 0.2) is 0 Å². The van der Waals surface area contributed by atoms with Crippen LogP contribution in [-0.4, -0.2) is 55.4 Å². The number of hydrogen-bond donors (Lipinski definition) is 0. The Balaban J connectivity index is 1.55. The SMILES string of the molecule is CCOc1ccc(S(=O)(=O)N2CCN(Cc3ccccn3)CC2)c2ccccc12. The zero-order chi connectivity index (χ0) is 20.3. The van der Waals surface area contributed by atoms with Crippen molar-refractivity contribution in [3.63, 3.8) is 0 Å². The third kappa shape index (κ3) is 4.12. The first kappa shape index (κ1) is 19.8. The molecule has 0 unspecified atom stereocenters. The van der Waals surface area contributed by atoms with Gasteiger partial charge in [0.25, 0.3) is 0 Å². The zero-order valence-corrected chi connectivity index (χ0v) is 17.3. The van der Waals surface area contributed by atoms with Gasteiger partial charge >= 0.3 is 0 Å². The molecule has 0 amide bonds. The summed E-state index contributed by atoms with van der Waals surface area (Å²) in [4.78, 5) is 6.94. The van der Waals surface area contributed by atoms with Gasteiger partial charge in [-0.05, 0) is 31.2 Å². The molecule has 1 fully saturated rings. The monoisotopic (exact) mass is 411 g/mol. The van der Waals surface area contributed by atoms with Crippen LogP contribution in [0.5, 0.6) is 5.75 Å². The molecule has 1 saturated heterocycles. The van der Waals surface area contributed by atoms with Gasteiger partial charge in [0.1, 0.15) is 5.75 Å². The van der Waals surface area contributed by atoms with Crippen molar-refractivity contribution in [1.82, 2.24) is 14.2 Å². The van der Waals surface area contributed by atoms with Crippen molar-refractivity contribution < 1.29 is 13.2 Å². The molecule has 7 heteroatoms. The number of rotatable bonds is 6. The minimum Gasteiger partial charge on any atom is -0.493 e. The first-order valence-electron chi connectivity index (χ1n) is 9.86. The van der Waals surface area contributed by atoms with Crippen LogP contribution < -0.4 is 4.74 Å². The number of benzene rings is 2. The van der Waals surface area contributed by atoms with Crippen LogP contribution in [0.3, 0.4) is 0 Å². The van der Waals surface area contributed by atoms with Crippen LogP contribution in [0.1, 0.15) is 12.6 Å². The highest BCUT2D eigenvalue weighted by Crippen LogP contribution is 2.32. The molecule has 3 aromatic rings. The Morgan fingerprint density at radius 1 is 0.931 bits per heavy atom. The Morgan fingerprint density at radius 2 is 1.66 bits per heavy atom. The first-order valence-corrected chi connectivity index (χ1v) is 11.3. The molecule has 0 spiro atoms. The van der Waals surface area contributed by atoms with Gasteiger partial charge in [-0.25, -0.2) is 8.42 Å². The van der Waals surface area contributed by atoms with Gasteiger partial charge in [-0.2, -0.15) is 4.31 Å². The topological polar surface area (TPSA) is 62.7 Å². The summed E-state index contributed by atoms with van der Waals surface area (Å²) in [5, 5.41) is 1.53. The number of aromatic nitrogens is 1. The third-order valence-corrected chi connectivity index (χ3v) is 7.16. The van der Waals surface area contributed by atoms with Gasteiger partial charge in [0.2, 0.25) is 10.0 Å². The van der Waals surface area contributed by atoms with E-state index in [2.05, 4.69) is 9.88 Å². The number of nitrogens with zero attached hydrogens (tertiary/aromatic N) is 3. The second-order valence-electron chi connectivity index (χ2n) is 7.04. The standard InChI is InChI=1S/C22H25N3O3S/c1-2-28-21-10-11-22(20-9-4-3-8-19(20)21)29(26,27)25-15-13-24(14-16-25)17-18-7-5-6-12-23-18/h3-12H,2,13-17H2,1H3. The van der Waals surface area contributed by atoms with Gasteiger partial charge < -0.3 is 4.74 Å². The smallest absolute Gasteiger partial charge is 0.243 e. The molecular weight excluding hydrogens is 386 g/mol. The highest BCUT2D eigenvalue weighted by molar-refractivity contribution is 7.89. The summed E-state index contributed by atoms with van der Waals surface area (Å²) in [6.07, 6.45) is 1.78. The Hall–Kier alpha value is -2.48. The molecule has 2 aromatic carbocycles. The summed E-state index contributed by atoms with van der Waals surface area (Å²) in [5.41, 5.74) is 1.00. The van der Waals surface area contributed by atoms with Crippen LogP contribution in [-0.2, 0) is 16.6 Å². The molecule has 0 N–H and O–H groups in total. The maximum Gasteiger partial charge on any atom is 0.243 e. The van der Waals surface area contributed by atoms with Gasteiger partial charge in [-0.1, -0.05) is 30.3 Å². The fourth-order valence-corrected chi connectivity index (χ4v) is 5.36. The lowest BCUT2D eigenvalue weighted by atomic mass is 10.1. The Morgan fingerprint density at radius 3 is 2.34 bits per heavy atom. The lowest BCUT2D eigenvalue weighted by molar-refractivity contribution is 0.180. The van der Waals surface area contributed by atoms with E-state index in [0.29, 0.717) is 48.8 Å². The minimum atomic E-state index is -3.58. The maximum atomic E-state index is 13.4. The summed E-state index contributed by atoms with van der Waals surface area (Å²) in [7, 11) is -3.58. The molecule has 1 aliphatic heterocycles. The number of sulfonamides is 1. The third-order valence-electron chi connectivity index (χ3n) is 5.20. The van der Waals surface area contributed by atoms with Crippen LogP contribution in [0.2, 0.25) is 0 Å². The van der Waals surface area contributed by atoms with Crippen LogP contribution in [0.15, 0.2) is 65.7 Å². The van der Waals surface area contributed by atoms with E-state index in [0.717, 1.165) is 17.6 Å². The average molecular weight is 412 g/mol. The van der Waals surface area contributed by atoms with Crippen molar-refractivity contribution in [3.8, 4) is 5.75 Å². The molecule has 1 aromatic heterocycles. The largest absolute Gasteiger partial charge is 0.493 e. The van der Waals surface area contributed by atoms with E-state index in [1.807, 2.05) is 49.4 Å². The van der Waals surface area contributed by atoms with Crippen LogP contribution in [0, 0.1) is 0 Å². The van der Waals surface area contributed by atoms with Gasteiger partial charge in [-0.15, -0.1) is 0 Å². The number of fused-ring (bicyclic) bond motifs is 1. The molecule has 6 nitrogen and oxygen atoms in total. The van der Waals surface area contributed by atoms with Gasteiger partial charge in [0, 0.05) is 49.7 Å². The molecule has 152 valence electrons. The van der Waals surface area contributed by atoms with E-state index in [1.165, 1.54) is 0 Å². The van der Waals surface area contributed by atoms with Crippen LogP contribution >= 0.6 is 0 Å². The van der Waals surface area contributed by atoms with E-state index < -0.39 is 10.0 Å². The quantitative estimate of drug-likeness (QED) is 0.624. The molecule has 29 heavy (non-hydrogen) atoms. The predicted octanol–water partition coefficient (Wildman–Crippen LogP) is 3.14. The van der Waals surface area contributed by atoms with Gasteiger partial charge in [-0.3, -0.25) is 9.88 Å². The van der Waals surface area contributed by atoms with Crippen molar-refractivity contribution in [2.24, 2.45) is 0 Å². The number of hydrogen-bond acceptors (Lipinski definition) is 5. The number of piperazine rings is 1. The fourth-order valence-electron chi connectivity index (χ4n) is 3.74. The van der Waals surface area contributed by atoms with E-state index in [4.69, 9.17) is 4.74 Å². The summed E-state index contributed by atoms with van der Waals surface area (Å²) in [5.74, 6) is 0.710. The predicted molar refractivity (Wildman–Crippen MR) is 113 cm³/mol. The fraction of sp³-hybridized carbons (Fsp3) is 0.318.